The van der Waals surface area contributed by atoms with Gasteiger partial charge in [0.15, 0.2) is 0 Å². The highest BCUT2D eigenvalue weighted by atomic mass is 16.5. The molecule has 1 aromatic rings. The summed E-state index contributed by atoms with van der Waals surface area (Å²) in [5.41, 5.74) is 0.590. The predicted molar refractivity (Wildman–Crippen MR) is 66.8 cm³/mol. The normalized spacial score (nSPS) is 10.6. The van der Waals surface area contributed by atoms with E-state index in [1.54, 1.807) is 18.2 Å². The van der Waals surface area contributed by atoms with E-state index in [4.69, 9.17) is 9.84 Å². The molecule has 1 aromatic carbocycles. The summed E-state index contributed by atoms with van der Waals surface area (Å²) in [4.78, 5) is 11.5. The molecule has 0 aliphatic carbocycles. The molecule has 0 amide bonds. The van der Waals surface area contributed by atoms with Gasteiger partial charge in [0, 0.05) is 0 Å². The molecule has 0 spiro atoms. The average molecular weight is 234 g/mol. The van der Waals surface area contributed by atoms with E-state index >= 15 is 0 Å². The molecule has 0 radical (unpaired) electrons. The Kier molecular flexibility index (Phi) is 6.75. The van der Waals surface area contributed by atoms with Crippen molar-refractivity contribution in [1.82, 2.24) is 0 Å². The van der Waals surface area contributed by atoms with Gasteiger partial charge in [-0.25, -0.2) is 4.79 Å². The first-order valence-electron chi connectivity index (χ1n) is 5.82. The van der Waals surface area contributed by atoms with Crippen molar-refractivity contribution in [2.45, 2.75) is 19.3 Å². The SMILES string of the molecule is O=C(OCCCC/C=C/CO)c1ccccc1. The maximum absolute atomic E-state index is 11.5. The third-order valence-corrected chi connectivity index (χ3v) is 2.28. The van der Waals surface area contributed by atoms with Gasteiger partial charge in [-0.05, 0) is 31.4 Å². The van der Waals surface area contributed by atoms with Crippen LogP contribution in [0.2, 0.25) is 0 Å². The Morgan fingerprint density at radius 2 is 1.94 bits per heavy atom. The van der Waals surface area contributed by atoms with E-state index in [0.717, 1.165) is 19.3 Å². The van der Waals surface area contributed by atoms with Gasteiger partial charge in [-0.15, -0.1) is 0 Å². The zero-order chi connectivity index (χ0) is 12.3. The summed E-state index contributed by atoms with van der Waals surface area (Å²) in [5.74, 6) is -0.267. The summed E-state index contributed by atoms with van der Waals surface area (Å²) in [6, 6.07) is 8.98. The number of hydrogen-bond donors (Lipinski definition) is 1. The number of benzene rings is 1. The van der Waals surface area contributed by atoms with Crippen molar-refractivity contribution in [3.63, 3.8) is 0 Å². The number of aliphatic hydroxyl groups is 1. The highest BCUT2D eigenvalue weighted by molar-refractivity contribution is 5.89. The highest BCUT2D eigenvalue weighted by Crippen LogP contribution is 2.03. The first-order valence-corrected chi connectivity index (χ1v) is 5.82. The molecule has 3 nitrogen and oxygen atoms in total. The quantitative estimate of drug-likeness (QED) is 0.448. The van der Waals surface area contributed by atoms with Crippen molar-refractivity contribution >= 4 is 5.97 Å². The Morgan fingerprint density at radius 3 is 2.65 bits per heavy atom. The van der Waals surface area contributed by atoms with Crippen LogP contribution in [0.3, 0.4) is 0 Å². The van der Waals surface area contributed by atoms with Crippen molar-refractivity contribution in [2.24, 2.45) is 0 Å². The van der Waals surface area contributed by atoms with Crippen LogP contribution in [0.4, 0.5) is 0 Å². The lowest BCUT2D eigenvalue weighted by atomic mass is 10.2. The van der Waals surface area contributed by atoms with Gasteiger partial charge in [-0.3, -0.25) is 0 Å². The fourth-order valence-corrected chi connectivity index (χ4v) is 1.38. The van der Waals surface area contributed by atoms with Crippen molar-refractivity contribution in [3.8, 4) is 0 Å². The van der Waals surface area contributed by atoms with Gasteiger partial charge in [-0.1, -0.05) is 30.4 Å². The minimum absolute atomic E-state index is 0.0863. The van der Waals surface area contributed by atoms with Crippen LogP contribution in [-0.4, -0.2) is 24.3 Å². The van der Waals surface area contributed by atoms with Gasteiger partial charge < -0.3 is 9.84 Å². The van der Waals surface area contributed by atoms with Crippen LogP contribution >= 0.6 is 0 Å². The Morgan fingerprint density at radius 1 is 1.18 bits per heavy atom. The van der Waals surface area contributed by atoms with Crippen LogP contribution in [0, 0.1) is 0 Å². The van der Waals surface area contributed by atoms with Gasteiger partial charge >= 0.3 is 5.97 Å². The second-order valence-electron chi connectivity index (χ2n) is 3.65. The third kappa shape index (κ3) is 5.88. The van der Waals surface area contributed by atoms with Gasteiger partial charge in [0.05, 0.1) is 18.8 Å². The standard InChI is InChI=1S/C14H18O3/c15-11-7-2-1-3-8-12-17-14(16)13-9-5-4-6-10-13/h2,4-7,9-10,15H,1,3,8,11-12H2/b7-2+. The molecule has 0 aromatic heterocycles. The van der Waals surface area contributed by atoms with E-state index in [9.17, 15) is 4.79 Å². The minimum atomic E-state index is -0.267. The first-order chi connectivity index (χ1) is 8.34. The summed E-state index contributed by atoms with van der Waals surface area (Å²) in [6.45, 7) is 0.531. The number of ether oxygens (including phenoxy) is 1. The van der Waals surface area contributed by atoms with Crippen molar-refractivity contribution in [2.75, 3.05) is 13.2 Å². The topological polar surface area (TPSA) is 46.5 Å². The van der Waals surface area contributed by atoms with E-state index in [2.05, 4.69) is 0 Å². The third-order valence-electron chi connectivity index (χ3n) is 2.28. The smallest absolute Gasteiger partial charge is 0.338 e. The maximum Gasteiger partial charge on any atom is 0.338 e. The molecule has 0 aliphatic heterocycles. The molecule has 0 fully saturated rings. The van der Waals surface area contributed by atoms with Gasteiger partial charge in [-0.2, -0.15) is 0 Å². The number of hydrogen-bond acceptors (Lipinski definition) is 3. The van der Waals surface area contributed by atoms with Crippen LogP contribution in [0.1, 0.15) is 29.6 Å². The maximum atomic E-state index is 11.5. The molecule has 0 saturated carbocycles. The number of aliphatic hydroxyl groups excluding tert-OH is 1. The lowest BCUT2D eigenvalue weighted by Gasteiger charge is -2.03. The average Bonchev–Trinajstić information content (AvgIpc) is 2.38. The summed E-state index contributed by atoms with van der Waals surface area (Å²) >= 11 is 0. The number of rotatable bonds is 7. The van der Waals surface area contributed by atoms with Crippen LogP contribution in [0.25, 0.3) is 0 Å². The molecule has 1 rings (SSSR count). The zero-order valence-corrected chi connectivity index (χ0v) is 9.84. The minimum Gasteiger partial charge on any atom is -0.462 e. The summed E-state index contributed by atoms with van der Waals surface area (Å²) in [7, 11) is 0. The molecule has 0 bridgehead atoms. The molecule has 0 saturated heterocycles. The Hall–Kier alpha value is -1.61. The number of carbonyl (C=O) groups is 1. The van der Waals surface area contributed by atoms with Crippen molar-refractivity contribution < 1.29 is 14.6 Å². The fourth-order valence-electron chi connectivity index (χ4n) is 1.38. The monoisotopic (exact) mass is 234 g/mol. The van der Waals surface area contributed by atoms with Gasteiger partial charge in [0.25, 0.3) is 0 Å². The molecule has 17 heavy (non-hydrogen) atoms. The molecule has 0 atom stereocenters. The second-order valence-corrected chi connectivity index (χ2v) is 3.65. The van der Waals surface area contributed by atoms with Gasteiger partial charge in [0.1, 0.15) is 0 Å². The largest absolute Gasteiger partial charge is 0.462 e. The molecule has 1 N–H and O–H groups in total. The Labute approximate surface area is 102 Å². The van der Waals surface area contributed by atoms with Gasteiger partial charge in [0.2, 0.25) is 0 Å². The zero-order valence-electron chi connectivity index (χ0n) is 9.84. The van der Waals surface area contributed by atoms with E-state index in [-0.39, 0.29) is 12.6 Å². The molecule has 0 unspecified atom stereocenters. The Bertz CT molecular complexity index is 344. The van der Waals surface area contributed by atoms with Crippen LogP contribution in [0.5, 0.6) is 0 Å². The lowest BCUT2D eigenvalue weighted by molar-refractivity contribution is 0.0498. The number of esters is 1. The van der Waals surface area contributed by atoms with Crippen LogP contribution in [0.15, 0.2) is 42.5 Å². The molecular weight excluding hydrogens is 216 g/mol. The first kappa shape index (κ1) is 13.5. The fraction of sp³-hybridized carbons (Fsp3) is 0.357. The van der Waals surface area contributed by atoms with E-state index in [0.29, 0.717) is 12.2 Å². The molecule has 0 aliphatic rings. The van der Waals surface area contributed by atoms with E-state index in [1.807, 2.05) is 24.3 Å². The second kappa shape index (κ2) is 8.53. The summed E-state index contributed by atoms with van der Waals surface area (Å²) in [5, 5.41) is 8.51. The molecule has 3 heteroatoms. The van der Waals surface area contributed by atoms with E-state index in [1.165, 1.54) is 0 Å². The number of unbranched alkanes of at least 4 members (excludes halogenated alkanes) is 2. The van der Waals surface area contributed by atoms with E-state index < -0.39 is 0 Å². The predicted octanol–water partition coefficient (Wildman–Crippen LogP) is 2.56. The number of carbonyl (C=O) groups excluding carboxylic acids is 1. The molecular formula is C14H18O3. The summed E-state index contributed by atoms with van der Waals surface area (Å²) in [6.07, 6.45) is 6.35. The Balaban J connectivity index is 2.11. The van der Waals surface area contributed by atoms with Crippen LogP contribution in [-0.2, 0) is 4.74 Å². The molecule has 92 valence electrons. The summed E-state index contributed by atoms with van der Waals surface area (Å²) < 4.78 is 5.12. The van der Waals surface area contributed by atoms with Crippen LogP contribution < -0.4 is 0 Å². The van der Waals surface area contributed by atoms with Crippen molar-refractivity contribution in [3.05, 3.63) is 48.0 Å². The molecule has 0 heterocycles. The lowest BCUT2D eigenvalue weighted by Crippen LogP contribution is -2.05. The van der Waals surface area contributed by atoms with Crippen molar-refractivity contribution in [1.29, 1.82) is 0 Å². The highest BCUT2D eigenvalue weighted by Gasteiger charge is 2.04. The number of allylic oxidation sites excluding steroid dienone is 1.